The second kappa shape index (κ2) is 7.83. The number of aromatic nitrogens is 3. The van der Waals surface area contributed by atoms with Crippen molar-refractivity contribution in [1.29, 1.82) is 0 Å². The maximum absolute atomic E-state index is 13.0. The molecule has 0 saturated carbocycles. The van der Waals surface area contributed by atoms with Crippen LogP contribution < -0.4 is 5.56 Å². The zero-order chi connectivity index (χ0) is 19.7. The van der Waals surface area contributed by atoms with E-state index in [-0.39, 0.29) is 11.5 Å². The normalized spacial score (nSPS) is 16.1. The van der Waals surface area contributed by atoms with E-state index in [1.807, 2.05) is 19.1 Å². The van der Waals surface area contributed by atoms with Gasteiger partial charge in [-0.2, -0.15) is 0 Å². The number of carbonyl (C=O) groups is 1. The predicted molar refractivity (Wildman–Crippen MR) is 109 cm³/mol. The van der Waals surface area contributed by atoms with Gasteiger partial charge in [0.2, 0.25) is 0 Å². The molecule has 7 heteroatoms. The molecule has 28 heavy (non-hydrogen) atoms. The van der Waals surface area contributed by atoms with Crippen LogP contribution in [0.3, 0.4) is 0 Å². The van der Waals surface area contributed by atoms with Crippen LogP contribution in [0.4, 0.5) is 0 Å². The van der Waals surface area contributed by atoms with Gasteiger partial charge in [0.15, 0.2) is 4.83 Å². The van der Waals surface area contributed by atoms with Crippen molar-refractivity contribution in [3.63, 3.8) is 0 Å². The fourth-order valence-electron chi connectivity index (χ4n) is 3.59. The Labute approximate surface area is 167 Å². The summed E-state index contributed by atoms with van der Waals surface area (Å²) in [6.45, 7) is 4.94. The fourth-order valence-corrected chi connectivity index (χ4v) is 4.91. The third-order valence-electron chi connectivity index (χ3n) is 5.14. The molecule has 0 unspecified atom stereocenters. The van der Waals surface area contributed by atoms with Crippen molar-refractivity contribution in [1.82, 2.24) is 15.0 Å². The molecule has 1 atom stereocenters. The van der Waals surface area contributed by atoms with Gasteiger partial charge in [-0.3, -0.25) is 4.79 Å². The Hall–Kier alpha value is -2.54. The fraction of sp³-hybridized carbons (Fsp3) is 0.429. The zero-order valence-electron chi connectivity index (χ0n) is 16.1. The van der Waals surface area contributed by atoms with Crippen LogP contribution in [0.15, 0.2) is 29.1 Å². The Bertz CT molecular complexity index is 1070. The van der Waals surface area contributed by atoms with Gasteiger partial charge in [0, 0.05) is 4.88 Å². The monoisotopic (exact) mass is 397 g/mol. The Morgan fingerprint density at radius 3 is 2.86 bits per heavy atom. The number of hydrogen-bond donors (Lipinski definition) is 0. The standard InChI is InChI=1S/C21H23N3O3S/c1-3-10-27-21(26)15-7-5-14(6-8-15)12-24-20(25)18-16-9-4-13(2)11-17(16)28-19(18)22-23-24/h5-8,13H,3-4,9-12H2,1-2H3/t13-/m0/s1. The second-order valence-corrected chi connectivity index (χ2v) is 8.50. The van der Waals surface area contributed by atoms with Gasteiger partial charge in [-0.1, -0.05) is 31.2 Å². The lowest BCUT2D eigenvalue weighted by atomic mass is 9.89. The van der Waals surface area contributed by atoms with Crippen molar-refractivity contribution in [3.8, 4) is 0 Å². The highest BCUT2D eigenvalue weighted by molar-refractivity contribution is 7.18. The van der Waals surface area contributed by atoms with Crippen LogP contribution in [0.5, 0.6) is 0 Å². The molecule has 0 radical (unpaired) electrons. The van der Waals surface area contributed by atoms with E-state index in [0.717, 1.165) is 41.5 Å². The van der Waals surface area contributed by atoms with Crippen LogP contribution >= 0.6 is 11.3 Å². The third kappa shape index (κ3) is 3.58. The number of rotatable bonds is 5. The lowest BCUT2D eigenvalue weighted by Gasteiger charge is -2.17. The number of ether oxygens (including phenoxy) is 1. The van der Waals surface area contributed by atoms with Gasteiger partial charge in [-0.05, 0) is 54.9 Å². The van der Waals surface area contributed by atoms with E-state index in [4.69, 9.17) is 4.74 Å². The third-order valence-corrected chi connectivity index (χ3v) is 6.28. The SMILES string of the molecule is CCCOC(=O)c1ccc(Cn2nnc3sc4c(c3c2=O)CC[C@H](C)C4)cc1. The number of benzene rings is 1. The van der Waals surface area contributed by atoms with Crippen molar-refractivity contribution in [2.45, 2.75) is 46.1 Å². The summed E-state index contributed by atoms with van der Waals surface area (Å²) in [7, 11) is 0. The van der Waals surface area contributed by atoms with E-state index in [1.165, 1.54) is 15.1 Å². The summed E-state index contributed by atoms with van der Waals surface area (Å²) in [4.78, 5) is 27.0. The number of carbonyl (C=O) groups excluding carboxylic acids is 1. The largest absolute Gasteiger partial charge is 0.462 e. The molecule has 0 fully saturated rings. The van der Waals surface area contributed by atoms with Gasteiger partial charge >= 0.3 is 5.97 Å². The Kier molecular flexibility index (Phi) is 5.26. The first-order valence-corrected chi connectivity index (χ1v) is 10.5. The molecule has 0 N–H and O–H groups in total. The topological polar surface area (TPSA) is 74.1 Å². The molecule has 2 aromatic heterocycles. The molecule has 3 aromatic rings. The van der Waals surface area contributed by atoms with Gasteiger partial charge in [0.05, 0.1) is 24.1 Å². The lowest BCUT2D eigenvalue weighted by Crippen LogP contribution is -2.25. The van der Waals surface area contributed by atoms with Crippen LogP contribution in [0.25, 0.3) is 10.2 Å². The van der Waals surface area contributed by atoms with E-state index in [1.54, 1.807) is 23.5 Å². The van der Waals surface area contributed by atoms with Gasteiger partial charge in [-0.15, -0.1) is 16.4 Å². The molecule has 146 valence electrons. The van der Waals surface area contributed by atoms with E-state index < -0.39 is 0 Å². The highest BCUT2D eigenvalue weighted by Crippen LogP contribution is 2.35. The van der Waals surface area contributed by atoms with Gasteiger partial charge in [-0.25, -0.2) is 9.48 Å². The summed E-state index contributed by atoms with van der Waals surface area (Å²) in [5.41, 5.74) is 2.48. The van der Waals surface area contributed by atoms with Crippen molar-refractivity contribution in [3.05, 3.63) is 56.2 Å². The first-order valence-electron chi connectivity index (χ1n) is 9.71. The highest BCUT2D eigenvalue weighted by atomic mass is 32.1. The second-order valence-electron chi connectivity index (χ2n) is 7.42. The minimum Gasteiger partial charge on any atom is -0.462 e. The molecule has 0 bridgehead atoms. The Balaban J connectivity index is 1.59. The average Bonchev–Trinajstić information content (AvgIpc) is 3.07. The van der Waals surface area contributed by atoms with Crippen LogP contribution in [-0.2, 0) is 24.1 Å². The number of aryl methyl sites for hydroxylation is 1. The molecule has 0 spiro atoms. The van der Waals surface area contributed by atoms with Crippen molar-refractivity contribution >= 4 is 27.5 Å². The Morgan fingerprint density at radius 2 is 2.11 bits per heavy atom. The average molecular weight is 398 g/mol. The van der Waals surface area contributed by atoms with Gasteiger partial charge < -0.3 is 4.74 Å². The molecule has 4 rings (SSSR count). The number of esters is 1. The minimum atomic E-state index is -0.328. The molecule has 1 aromatic carbocycles. The van der Waals surface area contributed by atoms with E-state index >= 15 is 0 Å². The smallest absolute Gasteiger partial charge is 0.338 e. The maximum atomic E-state index is 13.0. The Morgan fingerprint density at radius 1 is 1.32 bits per heavy atom. The number of thiophene rings is 1. The molecule has 0 aliphatic heterocycles. The molecule has 1 aliphatic carbocycles. The minimum absolute atomic E-state index is 0.0801. The summed E-state index contributed by atoms with van der Waals surface area (Å²) >= 11 is 1.61. The molecule has 0 amide bonds. The molecule has 2 heterocycles. The highest BCUT2D eigenvalue weighted by Gasteiger charge is 2.23. The van der Waals surface area contributed by atoms with Crippen LogP contribution in [0, 0.1) is 5.92 Å². The molecule has 6 nitrogen and oxygen atoms in total. The zero-order valence-corrected chi connectivity index (χ0v) is 16.9. The van der Waals surface area contributed by atoms with Crippen LogP contribution in [0.1, 0.15) is 53.1 Å². The van der Waals surface area contributed by atoms with Crippen LogP contribution in [0.2, 0.25) is 0 Å². The first-order chi connectivity index (χ1) is 13.6. The predicted octanol–water partition coefficient (Wildman–Crippen LogP) is 3.59. The molecular weight excluding hydrogens is 374 g/mol. The van der Waals surface area contributed by atoms with Crippen molar-refractivity contribution in [2.24, 2.45) is 5.92 Å². The van der Waals surface area contributed by atoms with E-state index in [0.29, 0.717) is 24.6 Å². The summed E-state index contributed by atoms with van der Waals surface area (Å²) in [6, 6.07) is 7.09. The lowest BCUT2D eigenvalue weighted by molar-refractivity contribution is 0.0505. The first kappa shape index (κ1) is 18.8. The van der Waals surface area contributed by atoms with E-state index in [9.17, 15) is 9.59 Å². The van der Waals surface area contributed by atoms with Crippen molar-refractivity contribution in [2.75, 3.05) is 6.61 Å². The maximum Gasteiger partial charge on any atom is 0.338 e. The number of nitrogens with zero attached hydrogens (tertiary/aromatic N) is 3. The quantitative estimate of drug-likeness (QED) is 0.615. The number of fused-ring (bicyclic) bond motifs is 3. The van der Waals surface area contributed by atoms with Gasteiger partial charge in [0.1, 0.15) is 0 Å². The van der Waals surface area contributed by atoms with E-state index in [2.05, 4.69) is 17.2 Å². The molecule has 1 aliphatic rings. The summed E-state index contributed by atoms with van der Waals surface area (Å²) in [6.07, 6.45) is 3.85. The molecule has 0 saturated heterocycles. The van der Waals surface area contributed by atoms with Gasteiger partial charge in [0.25, 0.3) is 5.56 Å². The summed E-state index contributed by atoms with van der Waals surface area (Å²) < 4.78 is 6.55. The summed E-state index contributed by atoms with van der Waals surface area (Å²) in [5, 5.41) is 9.18. The van der Waals surface area contributed by atoms with Crippen molar-refractivity contribution < 1.29 is 9.53 Å². The number of hydrogen-bond acceptors (Lipinski definition) is 6. The van der Waals surface area contributed by atoms with Crippen LogP contribution in [-0.4, -0.2) is 27.6 Å². The molecular formula is C21H23N3O3S. The summed E-state index contributed by atoms with van der Waals surface area (Å²) in [5.74, 6) is 0.323.